The average Bonchev–Trinajstić information content (AvgIpc) is 2.71. The Morgan fingerprint density at radius 3 is 1.55 bits per heavy atom. The van der Waals surface area contributed by atoms with Crippen molar-refractivity contribution in [2.45, 2.75) is 71.3 Å². The molecule has 0 saturated carbocycles. The topological polar surface area (TPSA) is 52.6 Å². The predicted octanol–water partition coefficient (Wildman–Crippen LogP) is 5.50. The van der Waals surface area contributed by atoms with Crippen molar-refractivity contribution >= 4 is 11.9 Å². The molecular weight excluding hydrogens is 399 g/mol. The first-order valence-electron chi connectivity index (χ1n) is 9.61. The summed E-state index contributed by atoms with van der Waals surface area (Å²) in [5.74, 6) is -11.4. The number of esters is 2. The van der Waals surface area contributed by atoms with Crippen LogP contribution in [0, 0.1) is 29.1 Å². The van der Waals surface area contributed by atoms with Gasteiger partial charge in [-0.15, -0.1) is 0 Å². The number of benzene rings is 1. The molecular formula is C20H25F5O4. The van der Waals surface area contributed by atoms with E-state index in [4.69, 9.17) is 4.74 Å². The van der Waals surface area contributed by atoms with Gasteiger partial charge in [0.15, 0.2) is 23.3 Å². The lowest BCUT2D eigenvalue weighted by Crippen LogP contribution is -2.11. The molecule has 29 heavy (non-hydrogen) atoms. The van der Waals surface area contributed by atoms with Crippen LogP contribution in [0.25, 0.3) is 0 Å². The molecule has 9 heteroatoms. The highest BCUT2D eigenvalue weighted by atomic mass is 19.2. The van der Waals surface area contributed by atoms with Crippen molar-refractivity contribution in [1.82, 2.24) is 0 Å². The largest absolute Gasteiger partial charge is 0.466 e. The van der Waals surface area contributed by atoms with Gasteiger partial charge in [0, 0.05) is 12.8 Å². The molecule has 1 rings (SSSR count). The SMILES string of the molecule is CCCOC(=O)CCCCCCCCC(=O)OCc1c(F)c(F)c(F)c(F)c1F. The van der Waals surface area contributed by atoms with Gasteiger partial charge in [-0.25, -0.2) is 22.0 Å². The van der Waals surface area contributed by atoms with Gasteiger partial charge >= 0.3 is 11.9 Å². The fraction of sp³-hybridized carbons (Fsp3) is 0.600. The summed E-state index contributed by atoms with van der Waals surface area (Å²) in [6, 6.07) is 0. The molecule has 0 spiro atoms. The number of unbranched alkanes of at least 4 members (excludes halogenated alkanes) is 5. The second-order valence-corrected chi connectivity index (χ2v) is 6.55. The molecule has 0 aliphatic rings. The maximum absolute atomic E-state index is 13.5. The van der Waals surface area contributed by atoms with E-state index < -0.39 is 47.2 Å². The Kier molecular flexibility index (Phi) is 11.2. The minimum atomic E-state index is -2.26. The van der Waals surface area contributed by atoms with Crippen LogP contribution in [-0.2, 0) is 25.7 Å². The van der Waals surface area contributed by atoms with Crippen LogP contribution in [0.15, 0.2) is 0 Å². The van der Waals surface area contributed by atoms with Crippen LogP contribution in [0.2, 0.25) is 0 Å². The molecule has 0 N–H and O–H groups in total. The average molecular weight is 424 g/mol. The Labute approximate surface area is 166 Å². The van der Waals surface area contributed by atoms with Crippen LogP contribution in [0.4, 0.5) is 22.0 Å². The quantitative estimate of drug-likeness (QED) is 0.138. The molecule has 0 fully saturated rings. The molecule has 1 aromatic carbocycles. The molecule has 0 radical (unpaired) electrons. The van der Waals surface area contributed by atoms with E-state index in [-0.39, 0.29) is 12.4 Å². The zero-order valence-corrected chi connectivity index (χ0v) is 16.3. The molecule has 0 heterocycles. The molecule has 0 unspecified atom stereocenters. The third-order valence-corrected chi connectivity index (χ3v) is 4.16. The van der Waals surface area contributed by atoms with Gasteiger partial charge in [0.1, 0.15) is 6.61 Å². The summed E-state index contributed by atoms with van der Waals surface area (Å²) in [7, 11) is 0. The third-order valence-electron chi connectivity index (χ3n) is 4.16. The molecule has 0 bridgehead atoms. The summed E-state index contributed by atoms with van der Waals surface area (Å²) in [5.41, 5.74) is -1.17. The van der Waals surface area contributed by atoms with Crippen molar-refractivity contribution in [3.05, 3.63) is 34.6 Å². The van der Waals surface area contributed by atoms with Gasteiger partial charge in [-0.3, -0.25) is 9.59 Å². The van der Waals surface area contributed by atoms with Gasteiger partial charge in [0.25, 0.3) is 0 Å². The van der Waals surface area contributed by atoms with Crippen LogP contribution in [0.3, 0.4) is 0 Å². The van der Waals surface area contributed by atoms with E-state index in [0.717, 1.165) is 32.1 Å². The van der Waals surface area contributed by atoms with Crippen molar-refractivity contribution in [2.75, 3.05) is 6.61 Å². The van der Waals surface area contributed by atoms with Crippen molar-refractivity contribution in [2.24, 2.45) is 0 Å². The monoisotopic (exact) mass is 424 g/mol. The zero-order chi connectivity index (χ0) is 21.8. The van der Waals surface area contributed by atoms with Crippen LogP contribution in [-0.4, -0.2) is 18.5 Å². The number of carbonyl (C=O) groups is 2. The van der Waals surface area contributed by atoms with Gasteiger partial charge in [-0.05, 0) is 19.3 Å². The summed E-state index contributed by atoms with van der Waals surface area (Å²) in [6.45, 7) is 1.32. The predicted molar refractivity (Wildman–Crippen MR) is 94.2 cm³/mol. The van der Waals surface area contributed by atoms with Crippen LogP contribution < -0.4 is 0 Å². The number of carbonyl (C=O) groups excluding carboxylic acids is 2. The molecule has 4 nitrogen and oxygen atoms in total. The molecule has 0 saturated heterocycles. The minimum Gasteiger partial charge on any atom is -0.466 e. The number of rotatable bonds is 13. The fourth-order valence-electron chi connectivity index (χ4n) is 2.54. The Balaban J connectivity index is 2.19. The lowest BCUT2D eigenvalue weighted by atomic mass is 10.1. The molecule has 0 aliphatic heterocycles. The highest BCUT2D eigenvalue weighted by Crippen LogP contribution is 2.23. The van der Waals surface area contributed by atoms with Crippen LogP contribution in [0.1, 0.15) is 70.3 Å². The lowest BCUT2D eigenvalue weighted by Gasteiger charge is -2.09. The summed E-state index contributed by atoms with van der Waals surface area (Å²) >= 11 is 0. The number of ether oxygens (including phenoxy) is 2. The smallest absolute Gasteiger partial charge is 0.306 e. The van der Waals surface area contributed by atoms with E-state index >= 15 is 0 Å². The normalized spacial score (nSPS) is 10.8. The number of hydrogen-bond donors (Lipinski definition) is 0. The molecule has 0 amide bonds. The Hall–Kier alpha value is -2.19. The van der Waals surface area contributed by atoms with Crippen molar-refractivity contribution < 1.29 is 41.0 Å². The maximum atomic E-state index is 13.5. The summed E-state index contributed by atoms with van der Waals surface area (Å²) in [4.78, 5) is 22.9. The lowest BCUT2D eigenvalue weighted by molar-refractivity contribution is -0.145. The Morgan fingerprint density at radius 2 is 1.07 bits per heavy atom. The van der Waals surface area contributed by atoms with Gasteiger partial charge in [0.2, 0.25) is 5.82 Å². The Bertz CT molecular complexity index is 665. The van der Waals surface area contributed by atoms with Gasteiger partial charge < -0.3 is 9.47 Å². The molecule has 0 aliphatic carbocycles. The second-order valence-electron chi connectivity index (χ2n) is 6.55. The molecule has 0 aromatic heterocycles. The molecule has 0 atom stereocenters. The molecule has 164 valence electrons. The van der Waals surface area contributed by atoms with Crippen molar-refractivity contribution in [3.8, 4) is 0 Å². The van der Waals surface area contributed by atoms with Crippen LogP contribution in [0.5, 0.6) is 0 Å². The van der Waals surface area contributed by atoms with E-state index in [0.29, 0.717) is 25.9 Å². The maximum Gasteiger partial charge on any atom is 0.306 e. The minimum absolute atomic E-state index is 0.0290. The zero-order valence-electron chi connectivity index (χ0n) is 16.3. The van der Waals surface area contributed by atoms with Crippen molar-refractivity contribution in [1.29, 1.82) is 0 Å². The Morgan fingerprint density at radius 1 is 0.655 bits per heavy atom. The standard InChI is InChI=1S/C20H25F5O4/c1-2-11-28-14(26)9-7-5-3-4-6-8-10-15(27)29-12-13-16(21)18(23)20(25)19(24)17(13)22/h2-12H2,1H3. The van der Waals surface area contributed by atoms with E-state index in [1.165, 1.54) is 0 Å². The fourth-order valence-corrected chi connectivity index (χ4v) is 2.54. The first-order chi connectivity index (χ1) is 13.8. The summed E-state index contributed by atoms with van der Waals surface area (Å²) < 4.78 is 75.6. The first-order valence-corrected chi connectivity index (χ1v) is 9.61. The van der Waals surface area contributed by atoms with Gasteiger partial charge in [-0.2, -0.15) is 0 Å². The van der Waals surface area contributed by atoms with E-state index in [9.17, 15) is 31.5 Å². The van der Waals surface area contributed by atoms with Crippen LogP contribution >= 0.6 is 0 Å². The van der Waals surface area contributed by atoms with E-state index in [1.54, 1.807) is 0 Å². The van der Waals surface area contributed by atoms with Gasteiger partial charge in [-0.1, -0.05) is 32.6 Å². The second kappa shape index (κ2) is 13.1. The first kappa shape index (κ1) is 24.8. The highest BCUT2D eigenvalue weighted by Gasteiger charge is 2.26. The van der Waals surface area contributed by atoms with Gasteiger partial charge in [0.05, 0.1) is 12.2 Å². The highest BCUT2D eigenvalue weighted by molar-refractivity contribution is 5.69. The number of hydrogen-bond acceptors (Lipinski definition) is 4. The van der Waals surface area contributed by atoms with E-state index in [2.05, 4.69) is 4.74 Å². The van der Waals surface area contributed by atoms with Crippen molar-refractivity contribution in [3.63, 3.8) is 0 Å². The van der Waals surface area contributed by atoms with E-state index in [1.807, 2.05) is 6.92 Å². The third kappa shape index (κ3) is 8.37. The molecule has 1 aromatic rings. The summed E-state index contributed by atoms with van der Waals surface area (Å²) in [5, 5.41) is 0. The number of halogens is 5. The summed E-state index contributed by atoms with van der Waals surface area (Å²) in [6.07, 6.45) is 5.60.